The molecule has 0 spiro atoms. The number of amides is 1. The molecule has 3 aromatic rings. The second kappa shape index (κ2) is 8.40. The molecule has 1 atom stereocenters. The molecule has 0 saturated carbocycles. The van der Waals surface area contributed by atoms with Gasteiger partial charge in [0.15, 0.2) is 0 Å². The third-order valence-corrected chi connectivity index (χ3v) is 4.99. The van der Waals surface area contributed by atoms with Crippen LogP contribution in [-0.4, -0.2) is 43.5 Å². The van der Waals surface area contributed by atoms with Gasteiger partial charge in [0, 0.05) is 11.9 Å². The van der Waals surface area contributed by atoms with E-state index >= 15 is 0 Å². The normalized spacial score (nSPS) is 12.2. The van der Waals surface area contributed by atoms with Gasteiger partial charge in [-0.05, 0) is 63.8 Å². The summed E-state index contributed by atoms with van der Waals surface area (Å²) in [5.41, 5.74) is 4.53. The Hall–Kier alpha value is -2.92. The Morgan fingerprint density at radius 3 is 2.46 bits per heavy atom. The minimum atomic E-state index is -0.103. The van der Waals surface area contributed by atoms with Crippen molar-refractivity contribution < 1.29 is 9.53 Å². The fraction of sp³-hybridized carbons (Fsp3) is 0.304. The van der Waals surface area contributed by atoms with Crippen molar-refractivity contribution in [2.45, 2.75) is 19.9 Å². The number of hydrogen-bond donors (Lipinski definition) is 1. The zero-order valence-electron chi connectivity index (χ0n) is 17.1. The van der Waals surface area contributed by atoms with Crippen LogP contribution in [0, 0.1) is 13.8 Å². The summed E-state index contributed by atoms with van der Waals surface area (Å²) in [4.78, 5) is 19.5. The van der Waals surface area contributed by atoms with Gasteiger partial charge in [-0.3, -0.25) is 9.78 Å². The van der Waals surface area contributed by atoms with Crippen LogP contribution in [0.3, 0.4) is 0 Å². The lowest BCUT2D eigenvalue weighted by molar-refractivity contribution is 0.0941. The molecule has 0 bridgehead atoms. The lowest BCUT2D eigenvalue weighted by Crippen LogP contribution is -2.34. The second-order valence-corrected chi connectivity index (χ2v) is 7.28. The molecule has 0 saturated heterocycles. The summed E-state index contributed by atoms with van der Waals surface area (Å²) in [5, 5.41) is 4.06. The fourth-order valence-corrected chi connectivity index (χ4v) is 3.33. The monoisotopic (exact) mass is 377 g/mol. The van der Waals surface area contributed by atoms with E-state index in [1.54, 1.807) is 7.11 Å². The van der Waals surface area contributed by atoms with Gasteiger partial charge in [0.05, 0.1) is 29.9 Å². The number of fused-ring (bicyclic) bond motifs is 1. The molecule has 1 aromatic heterocycles. The van der Waals surface area contributed by atoms with Crippen molar-refractivity contribution >= 4 is 16.8 Å². The molecule has 5 nitrogen and oxygen atoms in total. The topological polar surface area (TPSA) is 54.5 Å². The number of aromatic nitrogens is 1. The zero-order valence-corrected chi connectivity index (χ0v) is 17.1. The van der Waals surface area contributed by atoms with E-state index in [9.17, 15) is 4.79 Å². The standard InChI is InChI=1S/C23H27N3O2/c1-15-6-11-21-18(12-15)13-20(16(2)25-21)23(27)24-14-22(26(3)4)17-7-9-19(28-5)10-8-17/h6-13,22H,14H2,1-5H3,(H,24,27). The number of nitrogens with one attached hydrogen (secondary N) is 1. The molecular weight excluding hydrogens is 350 g/mol. The maximum atomic E-state index is 12.9. The first-order valence-corrected chi connectivity index (χ1v) is 9.35. The predicted octanol–water partition coefficient (Wildman–Crippen LogP) is 3.89. The van der Waals surface area contributed by atoms with Crippen LogP contribution in [0.2, 0.25) is 0 Å². The number of carbonyl (C=O) groups excluding carboxylic acids is 1. The van der Waals surface area contributed by atoms with Crippen LogP contribution in [0.1, 0.15) is 33.2 Å². The molecule has 1 N–H and O–H groups in total. The molecule has 1 heterocycles. The summed E-state index contributed by atoms with van der Waals surface area (Å²) < 4.78 is 5.23. The number of nitrogens with zero attached hydrogens (tertiary/aromatic N) is 2. The van der Waals surface area contributed by atoms with Gasteiger partial charge in [-0.1, -0.05) is 23.8 Å². The molecular formula is C23H27N3O2. The van der Waals surface area contributed by atoms with Gasteiger partial charge < -0.3 is 15.0 Å². The number of likely N-dealkylation sites (N-methyl/N-ethyl adjacent to an activating group) is 1. The molecule has 0 aliphatic carbocycles. The lowest BCUT2D eigenvalue weighted by atomic mass is 10.0. The van der Waals surface area contributed by atoms with Gasteiger partial charge in [-0.15, -0.1) is 0 Å². The van der Waals surface area contributed by atoms with E-state index in [-0.39, 0.29) is 11.9 Å². The quantitative estimate of drug-likeness (QED) is 0.708. The van der Waals surface area contributed by atoms with Crippen LogP contribution in [0.15, 0.2) is 48.5 Å². The summed E-state index contributed by atoms with van der Waals surface area (Å²) in [6, 6.07) is 16.0. The van der Waals surface area contributed by atoms with Crippen molar-refractivity contribution in [3.8, 4) is 5.75 Å². The van der Waals surface area contributed by atoms with Crippen molar-refractivity contribution in [2.75, 3.05) is 27.7 Å². The summed E-state index contributed by atoms with van der Waals surface area (Å²) in [5.74, 6) is 0.715. The van der Waals surface area contributed by atoms with Crippen LogP contribution in [0.5, 0.6) is 5.75 Å². The average Bonchev–Trinajstić information content (AvgIpc) is 2.68. The fourth-order valence-electron chi connectivity index (χ4n) is 3.33. The SMILES string of the molecule is COc1ccc(C(CNC(=O)c2cc3cc(C)ccc3nc2C)N(C)C)cc1. The minimum absolute atomic E-state index is 0.0609. The molecule has 1 amide bonds. The first kappa shape index (κ1) is 19.8. The molecule has 0 radical (unpaired) electrons. The number of aryl methyl sites for hydroxylation is 2. The highest BCUT2D eigenvalue weighted by molar-refractivity contribution is 5.98. The van der Waals surface area contributed by atoms with Gasteiger partial charge in [0.1, 0.15) is 5.75 Å². The van der Waals surface area contributed by atoms with E-state index in [1.807, 2.05) is 70.4 Å². The molecule has 5 heteroatoms. The number of carbonyl (C=O) groups is 1. The van der Waals surface area contributed by atoms with Crippen molar-refractivity contribution in [1.82, 2.24) is 15.2 Å². The van der Waals surface area contributed by atoms with Gasteiger partial charge in [0.2, 0.25) is 0 Å². The first-order chi connectivity index (χ1) is 13.4. The molecule has 28 heavy (non-hydrogen) atoms. The first-order valence-electron chi connectivity index (χ1n) is 9.35. The van der Waals surface area contributed by atoms with E-state index in [0.29, 0.717) is 12.1 Å². The predicted molar refractivity (Wildman–Crippen MR) is 113 cm³/mol. The minimum Gasteiger partial charge on any atom is -0.497 e. The van der Waals surface area contributed by atoms with Gasteiger partial charge in [-0.25, -0.2) is 0 Å². The lowest BCUT2D eigenvalue weighted by Gasteiger charge is -2.25. The summed E-state index contributed by atoms with van der Waals surface area (Å²) in [6.45, 7) is 4.42. The molecule has 146 valence electrons. The molecule has 0 aliphatic heterocycles. The molecule has 2 aromatic carbocycles. The highest BCUT2D eigenvalue weighted by Crippen LogP contribution is 2.22. The summed E-state index contributed by atoms with van der Waals surface area (Å²) in [6.07, 6.45) is 0. The van der Waals surface area contributed by atoms with E-state index in [2.05, 4.69) is 21.3 Å². The number of pyridine rings is 1. The maximum Gasteiger partial charge on any atom is 0.253 e. The Kier molecular flexibility index (Phi) is 5.95. The Labute approximate surface area is 166 Å². The highest BCUT2D eigenvalue weighted by Gasteiger charge is 2.18. The van der Waals surface area contributed by atoms with Crippen molar-refractivity contribution in [3.63, 3.8) is 0 Å². The number of rotatable bonds is 6. The Morgan fingerprint density at radius 2 is 1.82 bits per heavy atom. The Morgan fingerprint density at radius 1 is 1.11 bits per heavy atom. The summed E-state index contributed by atoms with van der Waals surface area (Å²) in [7, 11) is 5.67. The maximum absolute atomic E-state index is 12.9. The molecule has 1 unspecified atom stereocenters. The molecule has 0 aliphatic rings. The Balaban J connectivity index is 1.79. The zero-order chi connectivity index (χ0) is 20.3. The third-order valence-electron chi connectivity index (χ3n) is 4.99. The van der Waals surface area contributed by atoms with Crippen molar-refractivity contribution in [1.29, 1.82) is 0 Å². The number of methoxy groups -OCH3 is 1. The largest absolute Gasteiger partial charge is 0.497 e. The number of benzene rings is 2. The second-order valence-electron chi connectivity index (χ2n) is 7.28. The Bertz CT molecular complexity index is 981. The number of hydrogen-bond acceptors (Lipinski definition) is 4. The highest BCUT2D eigenvalue weighted by atomic mass is 16.5. The van der Waals surface area contributed by atoms with E-state index in [1.165, 1.54) is 0 Å². The smallest absolute Gasteiger partial charge is 0.253 e. The van der Waals surface area contributed by atoms with E-state index < -0.39 is 0 Å². The molecule has 0 fully saturated rings. The molecule has 3 rings (SSSR count). The van der Waals surface area contributed by atoms with Gasteiger partial charge in [0.25, 0.3) is 5.91 Å². The van der Waals surface area contributed by atoms with Gasteiger partial charge in [-0.2, -0.15) is 0 Å². The van der Waals surface area contributed by atoms with Crippen LogP contribution < -0.4 is 10.1 Å². The third kappa shape index (κ3) is 4.31. The van der Waals surface area contributed by atoms with Crippen LogP contribution in [-0.2, 0) is 0 Å². The van der Waals surface area contributed by atoms with Crippen molar-refractivity contribution in [3.05, 3.63) is 70.9 Å². The van der Waals surface area contributed by atoms with E-state index in [4.69, 9.17) is 4.74 Å². The van der Waals surface area contributed by atoms with Gasteiger partial charge >= 0.3 is 0 Å². The average molecular weight is 377 g/mol. The van der Waals surface area contributed by atoms with Crippen LogP contribution in [0.25, 0.3) is 10.9 Å². The van der Waals surface area contributed by atoms with E-state index in [0.717, 1.165) is 33.5 Å². The van der Waals surface area contributed by atoms with Crippen molar-refractivity contribution in [2.24, 2.45) is 0 Å². The number of ether oxygens (including phenoxy) is 1. The van der Waals surface area contributed by atoms with Crippen LogP contribution in [0.4, 0.5) is 0 Å². The van der Waals surface area contributed by atoms with Crippen LogP contribution >= 0.6 is 0 Å². The summed E-state index contributed by atoms with van der Waals surface area (Å²) >= 11 is 0.